The van der Waals surface area contributed by atoms with Gasteiger partial charge in [-0.1, -0.05) is 30.3 Å². The van der Waals surface area contributed by atoms with E-state index in [1.54, 1.807) is 12.1 Å². The first-order chi connectivity index (χ1) is 13.5. The number of ether oxygens (including phenoxy) is 1. The number of nitrogens with one attached hydrogen (secondary N) is 1. The quantitative estimate of drug-likeness (QED) is 0.772. The van der Waals surface area contributed by atoms with E-state index in [4.69, 9.17) is 4.74 Å². The molecule has 3 rings (SSSR count). The summed E-state index contributed by atoms with van der Waals surface area (Å²) in [4.78, 5) is 14.5. The third-order valence-corrected chi connectivity index (χ3v) is 6.55. The van der Waals surface area contributed by atoms with Crippen LogP contribution in [0.1, 0.15) is 24.8 Å². The van der Waals surface area contributed by atoms with Crippen LogP contribution in [0.2, 0.25) is 0 Å². The predicted molar refractivity (Wildman–Crippen MR) is 108 cm³/mol. The Bertz CT molecular complexity index is 874. The van der Waals surface area contributed by atoms with E-state index in [1.165, 1.54) is 19.2 Å². The van der Waals surface area contributed by atoms with Gasteiger partial charge in [-0.3, -0.25) is 4.79 Å². The molecule has 2 aromatic rings. The molecule has 1 aliphatic heterocycles. The van der Waals surface area contributed by atoms with Gasteiger partial charge in [-0.05, 0) is 49.1 Å². The Balaban J connectivity index is 1.48. The van der Waals surface area contributed by atoms with E-state index in [9.17, 15) is 13.2 Å². The standard InChI is InChI=1S/C21H26N2O4S/c1-27-19-8-10-20(11-9-19)28(25,26)22-18-13-15-23(16-14-18)21(24)12-7-17-5-3-2-4-6-17/h2-6,8-11,18,22H,7,12-16H2,1H3. The molecule has 1 aliphatic rings. The summed E-state index contributed by atoms with van der Waals surface area (Å²) in [5, 5.41) is 0. The molecule has 1 amide bonds. The van der Waals surface area contributed by atoms with Gasteiger partial charge in [-0.25, -0.2) is 13.1 Å². The molecule has 0 radical (unpaired) electrons. The summed E-state index contributed by atoms with van der Waals surface area (Å²) in [7, 11) is -2.04. The van der Waals surface area contributed by atoms with Gasteiger partial charge in [0.15, 0.2) is 0 Å². The molecule has 2 aromatic carbocycles. The Morgan fingerprint density at radius 3 is 2.32 bits per heavy atom. The lowest BCUT2D eigenvalue weighted by atomic mass is 10.0. The van der Waals surface area contributed by atoms with Gasteiger partial charge in [0.1, 0.15) is 5.75 Å². The number of piperidine rings is 1. The number of hydrogen-bond acceptors (Lipinski definition) is 4. The van der Waals surface area contributed by atoms with Crippen molar-refractivity contribution >= 4 is 15.9 Å². The van der Waals surface area contributed by atoms with E-state index in [0.29, 0.717) is 38.1 Å². The van der Waals surface area contributed by atoms with Crippen molar-refractivity contribution in [3.8, 4) is 5.75 Å². The van der Waals surface area contributed by atoms with Crippen LogP contribution in [-0.2, 0) is 21.2 Å². The number of carbonyl (C=O) groups is 1. The molecule has 150 valence electrons. The van der Waals surface area contributed by atoms with Crippen molar-refractivity contribution in [3.05, 3.63) is 60.2 Å². The minimum Gasteiger partial charge on any atom is -0.497 e. The Morgan fingerprint density at radius 1 is 1.07 bits per heavy atom. The smallest absolute Gasteiger partial charge is 0.240 e. The molecule has 0 atom stereocenters. The highest BCUT2D eigenvalue weighted by Gasteiger charge is 2.26. The minimum absolute atomic E-state index is 0.125. The van der Waals surface area contributed by atoms with Crippen LogP contribution in [0.3, 0.4) is 0 Å². The van der Waals surface area contributed by atoms with Gasteiger partial charge in [-0.15, -0.1) is 0 Å². The average molecular weight is 403 g/mol. The zero-order valence-electron chi connectivity index (χ0n) is 16.0. The van der Waals surface area contributed by atoms with Crippen LogP contribution < -0.4 is 9.46 Å². The lowest BCUT2D eigenvalue weighted by molar-refractivity contribution is -0.132. The number of sulfonamides is 1. The lowest BCUT2D eigenvalue weighted by Crippen LogP contribution is -2.46. The first-order valence-electron chi connectivity index (χ1n) is 9.46. The SMILES string of the molecule is COc1ccc(S(=O)(=O)NC2CCN(C(=O)CCc3ccccc3)CC2)cc1. The van der Waals surface area contributed by atoms with E-state index < -0.39 is 10.0 Å². The maximum atomic E-state index is 12.5. The van der Waals surface area contributed by atoms with Crippen molar-refractivity contribution in [2.45, 2.75) is 36.6 Å². The van der Waals surface area contributed by atoms with Gasteiger partial charge in [0.25, 0.3) is 0 Å². The molecule has 0 bridgehead atoms. The summed E-state index contributed by atoms with van der Waals surface area (Å²) in [5.41, 5.74) is 1.15. The molecule has 28 heavy (non-hydrogen) atoms. The molecule has 7 heteroatoms. The van der Waals surface area contributed by atoms with E-state index in [2.05, 4.69) is 4.72 Å². The number of methoxy groups -OCH3 is 1. The third kappa shape index (κ3) is 5.33. The molecule has 1 heterocycles. The van der Waals surface area contributed by atoms with E-state index in [0.717, 1.165) is 12.0 Å². The average Bonchev–Trinajstić information content (AvgIpc) is 2.73. The van der Waals surface area contributed by atoms with Gasteiger partial charge in [0.2, 0.25) is 15.9 Å². The van der Waals surface area contributed by atoms with Crippen molar-refractivity contribution in [2.75, 3.05) is 20.2 Å². The molecule has 1 saturated heterocycles. The molecule has 0 saturated carbocycles. The van der Waals surface area contributed by atoms with Crippen LogP contribution >= 0.6 is 0 Å². The summed E-state index contributed by atoms with van der Waals surface area (Å²) in [5.74, 6) is 0.738. The van der Waals surface area contributed by atoms with Gasteiger partial charge >= 0.3 is 0 Å². The molecule has 1 N–H and O–H groups in total. The highest BCUT2D eigenvalue weighted by atomic mass is 32.2. The zero-order chi connectivity index (χ0) is 20.0. The number of aryl methyl sites for hydroxylation is 1. The molecule has 0 spiro atoms. The maximum absolute atomic E-state index is 12.5. The summed E-state index contributed by atoms with van der Waals surface area (Å²) < 4.78 is 32.9. The highest BCUT2D eigenvalue weighted by Crippen LogP contribution is 2.18. The first-order valence-corrected chi connectivity index (χ1v) is 10.9. The number of benzene rings is 2. The van der Waals surface area contributed by atoms with Crippen LogP contribution in [0.25, 0.3) is 0 Å². The maximum Gasteiger partial charge on any atom is 0.240 e. The molecule has 0 aliphatic carbocycles. The Labute approximate surface area is 166 Å². The van der Waals surface area contributed by atoms with E-state index >= 15 is 0 Å². The largest absolute Gasteiger partial charge is 0.497 e. The Kier molecular flexibility index (Phi) is 6.70. The van der Waals surface area contributed by atoms with Crippen LogP contribution in [0, 0.1) is 0 Å². The zero-order valence-corrected chi connectivity index (χ0v) is 16.8. The van der Waals surface area contributed by atoms with Crippen LogP contribution in [-0.4, -0.2) is 45.5 Å². The fraction of sp³-hybridized carbons (Fsp3) is 0.381. The summed E-state index contributed by atoms with van der Waals surface area (Å²) >= 11 is 0. The summed E-state index contributed by atoms with van der Waals surface area (Å²) in [6.07, 6.45) is 2.44. The van der Waals surface area contributed by atoms with Crippen molar-refractivity contribution in [1.82, 2.24) is 9.62 Å². The van der Waals surface area contributed by atoms with Crippen LogP contribution in [0.15, 0.2) is 59.5 Å². The molecule has 1 fully saturated rings. The number of carbonyl (C=O) groups excluding carboxylic acids is 1. The van der Waals surface area contributed by atoms with Crippen molar-refractivity contribution in [2.24, 2.45) is 0 Å². The topological polar surface area (TPSA) is 75.7 Å². The lowest BCUT2D eigenvalue weighted by Gasteiger charge is -2.32. The van der Waals surface area contributed by atoms with Crippen LogP contribution in [0.4, 0.5) is 0 Å². The summed E-state index contributed by atoms with van der Waals surface area (Å²) in [6.45, 7) is 1.15. The number of hydrogen-bond donors (Lipinski definition) is 1. The van der Waals surface area contributed by atoms with Crippen molar-refractivity contribution in [1.29, 1.82) is 0 Å². The summed E-state index contributed by atoms with van der Waals surface area (Å²) in [6, 6.07) is 16.1. The fourth-order valence-corrected chi connectivity index (χ4v) is 4.65. The molecular formula is C21H26N2O4S. The molecule has 6 nitrogen and oxygen atoms in total. The monoisotopic (exact) mass is 402 g/mol. The predicted octanol–water partition coefficient (Wildman–Crippen LogP) is 2.60. The number of amides is 1. The van der Waals surface area contributed by atoms with E-state index in [1.807, 2.05) is 35.2 Å². The Hall–Kier alpha value is -2.38. The Morgan fingerprint density at radius 2 is 1.71 bits per heavy atom. The molecular weight excluding hydrogens is 376 g/mol. The van der Waals surface area contributed by atoms with Crippen molar-refractivity contribution < 1.29 is 17.9 Å². The van der Waals surface area contributed by atoms with Crippen molar-refractivity contribution in [3.63, 3.8) is 0 Å². The fourth-order valence-electron chi connectivity index (χ4n) is 3.34. The second kappa shape index (κ2) is 9.21. The van der Waals surface area contributed by atoms with Gasteiger partial charge in [-0.2, -0.15) is 0 Å². The number of rotatable bonds is 7. The normalized spacial score (nSPS) is 15.4. The highest BCUT2D eigenvalue weighted by molar-refractivity contribution is 7.89. The van der Waals surface area contributed by atoms with E-state index in [-0.39, 0.29) is 16.8 Å². The molecule has 0 unspecified atom stereocenters. The third-order valence-electron chi connectivity index (χ3n) is 5.01. The second-order valence-corrected chi connectivity index (χ2v) is 8.65. The first kappa shape index (κ1) is 20.4. The molecule has 0 aromatic heterocycles. The van der Waals surface area contributed by atoms with Gasteiger partial charge in [0, 0.05) is 25.6 Å². The van der Waals surface area contributed by atoms with Crippen LogP contribution in [0.5, 0.6) is 5.75 Å². The number of nitrogens with zero attached hydrogens (tertiary/aromatic N) is 1. The van der Waals surface area contributed by atoms with Gasteiger partial charge < -0.3 is 9.64 Å². The minimum atomic E-state index is -3.58. The second-order valence-electron chi connectivity index (χ2n) is 6.94. The van der Waals surface area contributed by atoms with Gasteiger partial charge in [0.05, 0.1) is 12.0 Å². The number of likely N-dealkylation sites (tertiary alicyclic amines) is 1.